The van der Waals surface area contributed by atoms with Gasteiger partial charge in [-0.2, -0.15) is 0 Å². The first kappa shape index (κ1) is 15.7. The van der Waals surface area contributed by atoms with Crippen LogP contribution in [0.3, 0.4) is 0 Å². The summed E-state index contributed by atoms with van der Waals surface area (Å²) in [7, 11) is 0. The van der Waals surface area contributed by atoms with Crippen molar-refractivity contribution in [2.24, 2.45) is 5.41 Å². The van der Waals surface area contributed by atoms with Crippen molar-refractivity contribution in [1.82, 2.24) is 5.32 Å². The summed E-state index contributed by atoms with van der Waals surface area (Å²) in [5.41, 5.74) is -0.326. The van der Waals surface area contributed by atoms with Crippen molar-refractivity contribution < 1.29 is 19.1 Å². The van der Waals surface area contributed by atoms with Gasteiger partial charge < -0.3 is 14.8 Å². The number of ether oxygens (including phenoxy) is 2. The molecule has 0 bridgehead atoms. The lowest BCUT2D eigenvalue weighted by molar-refractivity contribution is -0.113. The molecule has 0 saturated carbocycles. The van der Waals surface area contributed by atoms with Gasteiger partial charge in [0.25, 0.3) is 0 Å². The molecule has 0 spiro atoms. The second kappa shape index (κ2) is 6.70. The lowest BCUT2D eigenvalue weighted by Gasteiger charge is -2.29. The topological polar surface area (TPSA) is 64.6 Å². The summed E-state index contributed by atoms with van der Waals surface area (Å²) in [6.45, 7) is 6.95. The van der Waals surface area contributed by atoms with Gasteiger partial charge in [-0.3, -0.25) is 4.79 Å². The maximum Gasteiger partial charge on any atom is 0.408 e. The van der Waals surface area contributed by atoms with Crippen LogP contribution in [0.1, 0.15) is 33.6 Å². The number of hydrogen-bond acceptors (Lipinski definition) is 4. The van der Waals surface area contributed by atoms with Gasteiger partial charge >= 0.3 is 6.09 Å². The minimum Gasteiger partial charge on any atom is -0.446 e. The molecule has 1 fully saturated rings. The van der Waals surface area contributed by atoms with Gasteiger partial charge in [-0.05, 0) is 5.41 Å². The zero-order valence-electron chi connectivity index (χ0n) is 11.0. The van der Waals surface area contributed by atoms with Crippen LogP contribution >= 0.6 is 22.6 Å². The average Bonchev–Trinajstić information content (AvgIpc) is 2.25. The van der Waals surface area contributed by atoms with E-state index >= 15 is 0 Å². The Labute approximate surface area is 121 Å². The van der Waals surface area contributed by atoms with Crippen molar-refractivity contribution in [3.63, 3.8) is 0 Å². The minimum atomic E-state index is -0.537. The van der Waals surface area contributed by atoms with E-state index in [-0.39, 0.29) is 15.3 Å². The molecule has 1 unspecified atom stereocenters. The molecule has 1 atom stereocenters. The van der Waals surface area contributed by atoms with Gasteiger partial charge in [0.15, 0.2) is 0 Å². The summed E-state index contributed by atoms with van der Waals surface area (Å²) in [5.74, 6) is 0. The Hall–Kier alpha value is -0.370. The fourth-order valence-corrected chi connectivity index (χ4v) is 2.80. The second-order valence-electron chi connectivity index (χ2n) is 5.46. The van der Waals surface area contributed by atoms with E-state index in [0.717, 1.165) is 0 Å². The Bertz CT molecular complexity index is 308. The Morgan fingerprint density at radius 3 is 2.33 bits per heavy atom. The molecule has 0 aromatic carbocycles. The van der Waals surface area contributed by atoms with Gasteiger partial charge in [0.2, 0.25) is 3.79 Å². The first-order valence-electron chi connectivity index (χ1n) is 6.05. The van der Waals surface area contributed by atoms with E-state index in [1.54, 1.807) is 22.6 Å². The molecule has 5 nitrogen and oxygen atoms in total. The molecule has 1 aliphatic heterocycles. The molecule has 104 valence electrons. The van der Waals surface area contributed by atoms with Crippen molar-refractivity contribution in [2.45, 2.75) is 45.8 Å². The van der Waals surface area contributed by atoms with Gasteiger partial charge in [0.05, 0.1) is 13.2 Å². The number of nitrogens with one attached hydrogen (secondary N) is 1. The zero-order valence-corrected chi connectivity index (χ0v) is 13.2. The second-order valence-corrected chi connectivity index (χ2v) is 6.53. The lowest BCUT2D eigenvalue weighted by atomic mass is 9.88. The largest absolute Gasteiger partial charge is 0.446 e. The molecule has 0 radical (unpaired) electrons. The van der Waals surface area contributed by atoms with E-state index in [2.05, 4.69) is 5.32 Å². The van der Waals surface area contributed by atoms with Gasteiger partial charge in [-0.15, -0.1) is 0 Å². The molecule has 0 aromatic heterocycles. The molecule has 0 aliphatic carbocycles. The third-order valence-electron chi connectivity index (χ3n) is 2.80. The fraction of sp³-hybridized carbons (Fsp3) is 0.833. The summed E-state index contributed by atoms with van der Waals surface area (Å²) in [6.07, 6.45) is 0.799. The highest BCUT2D eigenvalue weighted by Gasteiger charge is 2.32. The number of halogens is 1. The number of carbonyl (C=O) groups excluding carboxylic acids is 2. The number of carbonyl (C=O) groups is 2. The predicted octanol–water partition coefficient (Wildman–Crippen LogP) is 2.27. The zero-order chi connectivity index (χ0) is 13.8. The quantitative estimate of drug-likeness (QED) is 0.612. The van der Waals surface area contributed by atoms with E-state index in [1.165, 1.54) is 0 Å². The molecular formula is C12H20INO4. The Morgan fingerprint density at radius 1 is 1.33 bits per heavy atom. The van der Waals surface area contributed by atoms with Crippen LogP contribution in [0.25, 0.3) is 0 Å². The standard InChI is InChI=1S/C12H20INO4/c1-12(2,3)9(10(13)15)14-11(16)18-8-4-6-17-7-5-8/h8-9H,4-7H2,1-3H3,(H,14,16). The van der Waals surface area contributed by atoms with Crippen molar-refractivity contribution in [3.8, 4) is 0 Å². The van der Waals surface area contributed by atoms with E-state index in [1.807, 2.05) is 20.8 Å². The Balaban J connectivity index is 2.48. The molecule has 6 heteroatoms. The summed E-state index contributed by atoms with van der Waals surface area (Å²) in [5, 5.41) is 2.64. The maximum absolute atomic E-state index is 11.7. The number of amides is 1. The van der Waals surface area contributed by atoms with Crippen LogP contribution in [-0.2, 0) is 14.3 Å². The molecule has 1 heterocycles. The van der Waals surface area contributed by atoms with Gasteiger partial charge in [0, 0.05) is 35.4 Å². The molecule has 0 aromatic rings. The van der Waals surface area contributed by atoms with Crippen molar-refractivity contribution in [1.29, 1.82) is 0 Å². The molecular weight excluding hydrogens is 349 g/mol. The molecule has 1 N–H and O–H groups in total. The highest BCUT2D eigenvalue weighted by molar-refractivity contribution is 14.1. The highest BCUT2D eigenvalue weighted by atomic mass is 127. The fourth-order valence-electron chi connectivity index (χ4n) is 1.71. The van der Waals surface area contributed by atoms with E-state index < -0.39 is 12.1 Å². The maximum atomic E-state index is 11.7. The molecule has 1 aliphatic rings. The number of hydrogen-bond donors (Lipinski definition) is 1. The van der Waals surface area contributed by atoms with Crippen molar-refractivity contribution in [3.05, 3.63) is 0 Å². The summed E-state index contributed by atoms with van der Waals surface area (Å²) < 4.78 is 10.4. The number of alkyl carbamates (subject to hydrolysis) is 1. The van der Waals surface area contributed by atoms with Gasteiger partial charge in [-0.1, -0.05) is 20.8 Å². The van der Waals surface area contributed by atoms with Crippen molar-refractivity contribution in [2.75, 3.05) is 13.2 Å². The van der Waals surface area contributed by atoms with Crippen LogP contribution in [0.4, 0.5) is 4.79 Å². The summed E-state index contributed by atoms with van der Waals surface area (Å²) >= 11 is 1.70. The Kier molecular flexibility index (Phi) is 5.84. The summed E-state index contributed by atoms with van der Waals surface area (Å²) in [4.78, 5) is 23.3. The minimum absolute atomic E-state index is 0.0935. The molecule has 1 rings (SSSR count). The van der Waals surface area contributed by atoms with Crippen LogP contribution in [0.15, 0.2) is 0 Å². The first-order chi connectivity index (χ1) is 8.30. The molecule has 1 amide bonds. The highest BCUT2D eigenvalue weighted by Crippen LogP contribution is 2.22. The monoisotopic (exact) mass is 369 g/mol. The normalized spacial score (nSPS) is 19.1. The molecule has 18 heavy (non-hydrogen) atoms. The average molecular weight is 369 g/mol. The first-order valence-corrected chi connectivity index (χ1v) is 7.13. The SMILES string of the molecule is CC(C)(C)C(NC(=O)OC1CCOCC1)C(=O)I. The van der Waals surface area contributed by atoms with Crippen LogP contribution in [0, 0.1) is 5.41 Å². The van der Waals surface area contributed by atoms with E-state index in [0.29, 0.717) is 26.1 Å². The van der Waals surface area contributed by atoms with Gasteiger partial charge in [-0.25, -0.2) is 4.79 Å². The smallest absolute Gasteiger partial charge is 0.408 e. The number of rotatable bonds is 3. The lowest BCUT2D eigenvalue weighted by Crippen LogP contribution is -2.48. The molecule has 1 saturated heterocycles. The van der Waals surface area contributed by atoms with Crippen LogP contribution in [0.5, 0.6) is 0 Å². The summed E-state index contributed by atoms with van der Waals surface area (Å²) in [6, 6.07) is -0.537. The third-order valence-corrected chi connectivity index (χ3v) is 3.42. The van der Waals surface area contributed by atoms with Gasteiger partial charge in [0.1, 0.15) is 12.1 Å². The van der Waals surface area contributed by atoms with Crippen molar-refractivity contribution >= 4 is 32.5 Å². The Morgan fingerprint density at radius 2 is 1.89 bits per heavy atom. The van der Waals surface area contributed by atoms with E-state index in [4.69, 9.17) is 9.47 Å². The van der Waals surface area contributed by atoms with Crippen LogP contribution in [0.2, 0.25) is 0 Å². The van der Waals surface area contributed by atoms with Crippen LogP contribution in [-0.4, -0.2) is 35.2 Å². The third kappa shape index (κ3) is 5.09. The predicted molar refractivity (Wildman–Crippen MR) is 75.7 cm³/mol. The van der Waals surface area contributed by atoms with E-state index in [9.17, 15) is 9.59 Å². The van der Waals surface area contributed by atoms with Crippen LogP contribution < -0.4 is 5.32 Å².